The summed E-state index contributed by atoms with van der Waals surface area (Å²) >= 11 is 7.62. The number of nitrogens with zero attached hydrogens (tertiary/aromatic N) is 2. The van der Waals surface area contributed by atoms with Gasteiger partial charge in [0.1, 0.15) is 6.54 Å². The lowest BCUT2D eigenvalue weighted by atomic mass is 10.1. The van der Waals surface area contributed by atoms with Crippen molar-refractivity contribution in [1.29, 1.82) is 0 Å². The number of allylic oxidation sites excluding steroid dienone is 2. The van der Waals surface area contributed by atoms with Crippen molar-refractivity contribution in [1.82, 2.24) is 4.72 Å². The highest BCUT2D eigenvalue weighted by Crippen LogP contribution is 2.47. The second kappa shape index (κ2) is 11.7. The minimum Gasteiger partial charge on any atom is -0.748 e. The van der Waals surface area contributed by atoms with Gasteiger partial charge in [-0.3, -0.25) is 9.52 Å². The van der Waals surface area contributed by atoms with E-state index < -0.39 is 31.8 Å². The number of nitrogens with one attached hydrogen (secondary N) is 1. The van der Waals surface area contributed by atoms with Gasteiger partial charge in [-0.2, -0.15) is 4.57 Å². The molecule has 0 radical (unpaired) electrons. The second-order valence-corrected chi connectivity index (χ2v) is 14.6. The SMILES string of the molecule is CC(/C=C1\Sc2ccc(Cl)cc2N1CC(=O)NS(C)(=O)=O)=C\c1oc2ccc3ccccc3c2[n+]1CCCS(=O)(=O)[O-]. The standard InChI is InChI=1S/C28H26ClN3O7S3/c1-18(15-27-32(17-25(33)30-41(2,34)35)22-16-20(29)9-11-24(22)40-27)14-26-31(12-5-13-42(36,37)38)28-21-7-4-3-6-19(21)8-10-23(28)39-26/h3-4,6-11,14-16H,5,12-13,17H2,1-2H3,(H-,30,33,36,37,38). The first-order chi connectivity index (χ1) is 19.8. The minimum atomic E-state index is -4.39. The summed E-state index contributed by atoms with van der Waals surface area (Å²) in [5.74, 6) is -0.760. The Balaban J connectivity index is 1.55. The fourth-order valence-electron chi connectivity index (χ4n) is 4.76. The first kappa shape index (κ1) is 30.1. The van der Waals surface area contributed by atoms with Crippen LogP contribution in [0.5, 0.6) is 0 Å². The molecule has 0 aliphatic carbocycles. The van der Waals surface area contributed by atoms with Crippen LogP contribution in [0.1, 0.15) is 19.2 Å². The third kappa shape index (κ3) is 6.98. The van der Waals surface area contributed by atoms with Crippen LogP contribution in [-0.2, 0) is 31.5 Å². The molecule has 10 nitrogen and oxygen atoms in total. The van der Waals surface area contributed by atoms with Crippen LogP contribution in [0.4, 0.5) is 5.69 Å². The van der Waals surface area contributed by atoms with Crippen molar-refractivity contribution in [3.05, 3.63) is 82.2 Å². The van der Waals surface area contributed by atoms with Crippen LogP contribution < -0.4 is 14.2 Å². The van der Waals surface area contributed by atoms with Crippen LogP contribution in [-0.4, -0.2) is 45.8 Å². The Morgan fingerprint density at radius 3 is 2.64 bits per heavy atom. The van der Waals surface area contributed by atoms with Gasteiger partial charge >= 0.3 is 5.89 Å². The van der Waals surface area contributed by atoms with Gasteiger partial charge in [0.05, 0.1) is 38.6 Å². The number of rotatable bonds is 9. The van der Waals surface area contributed by atoms with E-state index in [0.717, 1.165) is 33.0 Å². The molecule has 0 spiro atoms. The van der Waals surface area contributed by atoms with E-state index in [4.69, 9.17) is 16.0 Å². The molecule has 2 heterocycles. The highest BCUT2D eigenvalue weighted by atomic mass is 35.5. The molecule has 5 rings (SSSR count). The average Bonchev–Trinajstić information content (AvgIpc) is 3.39. The van der Waals surface area contributed by atoms with Gasteiger partial charge < -0.3 is 13.9 Å². The number of hydrogen-bond acceptors (Lipinski definition) is 9. The third-order valence-electron chi connectivity index (χ3n) is 6.39. The van der Waals surface area contributed by atoms with Crippen LogP contribution in [0.15, 0.2) is 80.6 Å². The quantitative estimate of drug-likeness (QED) is 0.207. The molecule has 0 fully saturated rings. The Labute approximate surface area is 252 Å². The molecule has 14 heteroatoms. The Hall–Kier alpha value is -3.36. The predicted octanol–water partition coefficient (Wildman–Crippen LogP) is 4.40. The normalized spacial score (nSPS) is 15.1. The molecular weight excluding hydrogens is 622 g/mol. The predicted molar refractivity (Wildman–Crippen MR) is 162 cm³/mol. The van der Waals surface area contributed by atoms with E-state index in [0.29, 0.717) is 27.2 Å². The first-order valence-electron chi connectivity index (χ1n) is 12.7. The summed E-state index contributed by atoms with van der Waals surface area (Å²) in [6.45, 7) is 1.82. The van der Waals surface area contributed by atoms with Crippen LogP contribution >= 0.6 is 23.4 Å². The van der Waals surface area contributed by atoms with E-state index in [1.165, 1.54) is 11.8 Å². The maximum Gasteiger partial charge on any atom is 0.374 e. The van der Waals surface area contributed by atoms with Crippen molar-refractivity contribution in [3.63, 3.8) is 0 Å². The molecule has 0 unspecified atom stereocenters. The lowest BCUT2D eigenvalue weighted by molar-refractivity contribution is -0.677. The zero-order valence-electron chi connectivity index (χ0n) is 22.5. The molecule has 3 aromatic carbocycles. The maximum atomic E-state index is 12.6. The van der Waals surface area contributed by atoms with E-state index in [1.807, 2.05) is 64.8 Å². The van der Waals surface area contributed by atoms with Gasteiger partial charge in [-0.25, -0.2) is 16.8 Å². The second-order valence-electron chi connectivity index (χ2n) is 9.81. The van der Waals surface area contributed by atoms with Gasteiger partial charge in [-0.1, -0.05) is 47.6 Å². The lowest BCUT2D eigenvalue weighted by Crippen LogP contribution is -2.38. The number of oxazole rings is 1. The van der Waals surface area contributed by atoms with Gasteiger partial charge in [0.2, 0.25) is 15.6 Å². The molecule has 0 saturated carbocycles. The van der Waals surface area contributed by atoms with Gasteiger partial charge in [0.15, 0.2) is 6.54 Å². The Morgan fingerprint density at radius 1 is 1.14 bits per heavy atom. The average molecular weight is 648 g/mol. The zero-order chi connectivity index (χ0) is 30.2. The third-order valence-corrected chi connectivity index (χ3v) is 9.12. The number of amides is 1. The number of hydrogen-bond donors (Lipinski definition) is 1. The van der Waals surface area contributed by atoms with Gasteiger partial charge in [0.25, 0.3) is 11.4 Å². The zero-order valence-corrected chi connectivity index (χ0v) is 25.7. The summed E-state index contributed by atoms with van der Waals surface area (Å²) < 4.78 is 67.2. The van der Waals surface area contributed by atoms with Crippen LogP contribution in [0.2, 0.25) is 5.02 Å². The highest BCUT2D eigenvalue weighted by molar-refractivity contribution is 8.03. The van der Waals surface area contributed by atoms with E-state index in [2.05, 4.69) is 0 Å². The number of carbonyl (C=O) groups excluding carboxylic acids is 1. The molecule has 1 aromatic heterocycles. The van der Waals surface area contributed by atoms with Crippen molar-refractivity contribution in [2.75, 3.05) is 23.5 Å². The Bertz CT molecular complexity index is 2000. The molecule has 1 aliphatic rings. The van der Waals surface area contributed by atoms with Crippen molar-refractivity contribution < 1.29 is 35.2 Å². The summed E-state index contributed by atoms with van der Waals surface area (Å²) in [5.41, 5.74) is 2.78. The Morgan fingerprint density at radius 2 is 1.90 bits per heavy atom. The number of thioether (sulfide) groups is 1. The number of halogens is 1. The molecule has 1 amide bonds. The molecule has 42 heavy (non-hydrogen) atoms. The van der Waals surface area contributed by atoms with Crippen LogP contribution in [0.3, 0.4) is 0 Å². The summed E-state index contributed by atoms with van der Waals surface area (Å²) in [6.07, 6.45) is 4.64. The summed E-state index contributed by atoms with van der Waals surface area (Å²) in [4.78, 5) is 15.1. The molecule has 0 saturated heterocycles. The minimum absolute atomic E-state index is 0.102. The van der Waals surface area contributed by atoms with Gasteiger partial charge in [0, 0.05) is 22.1 Å². The summed E-state index contributed by atoms with van der Waals surface area (Å²) in [6, 6.07) is 16.8. The number of anilines is 1. The van der Waals surface area contributed by atoms with E-state index in [9.17, 15) is 26.2 Å². The van der Waals surface area contributed by atoms with Crippen molar-refractivity contribution in [2.24, 2.45) is 0 Å². The number of sulfonamides is 1. The molecule has 1 N–H and O–H groups in total. The maximum absolute atomic E-state index is 12.6. The number of benzene rings is 3. The van der Waals surface area contributed by atoms with Gasteiger partial charge in [-0.15, -0.1) is 0 Å². The summed E-state index contributed by atoms with van der Waals surface area (Å²) in [7, 11) is -8.13. The van der Waals surface area contributed by atoms with Crippen LogP contribution in [0.25, 0.3) is 27.9 Å². The molecule has 220 valence electrons. The molecule has 0 atom stereocenters. The van der Waals surface area contributed by atoms with E-state index in [-0.39, 0.29) is 19.5 Å². The van der Waals surface area contributed by atoms with Crippen molar-refractivity contribution in [2.45, 2.75) is 24.8 Å². The van der Waals surface area contributed by atoms with Crippen LogP contribution in [0, 0.1) is 0 Å². The largest absolute Gasteiger partial charge is 0.748 e. The van der Waals surface area contributed by atoms with Crippen molar-refractivity contribution >= 4 is 83.0 Å². The molecular formula is C28H26ClN3O7S3. The highest BCUT2D eigenvalue weighted by Gasteiger charge is 2.29. The monoisotopic (exact) mass is 647 g/mol. The lowest BCUT2D eigenvalue weighted by Gasteiger charge is -2.20. The van der Waals surface area contributed by atoms with E-state index >= 15 is 0 Å². The number of aryl methyl sites for hydroxylation is 1. The fraction of sp³-hybridized carbons (Fsp3) is 0.214. The van der Waals surface area contributed by atoms with E-state index in [1.54, 1.807) is 23.1 Å². The number of carbonyl (C=O) groups is 1. The fourth-order valence-corrected chi connectivity index (χ4v) is 7.04. The topological polar surface area (TPSA) is 141 Å². The summed E-state index contributed by atoms with van der Waals surface area (Å²) in [5, 5.41) is 3.02. The Kier molecular flexibility index (Phi) is 8.41. The van der Waals surface area contributed by atoms with Crippen molar-refractivity contribution in [3.8, 4) is 0 Å². The van der Waals surface area contributed by atoms with Gasteiger partial charge in [-0.05, 0) is 54.3 Å². The number of aromatic nitrogens is 1. The molecule has 0 bridgehead atoms. The molecule has 4 aromatic rings. The smallest absolute Gasteiger partial charge is 0.374 e. The molecule has 1 aliphatic heterocycles. The first-order valence-corrected chi connectivity index (χ1v) is 17.4. The number of fused-ring (bicyclic) bond motifs is 4.